The van der Waals surface area contributed by atoms with Crippen molar-refractivity contribution in [3.63, 3.8) is 0 Å². The molecule has 0 saturated carbocycles. The molecule has 0 radical (unpaired) electrons. The third kappa shape index (κ3) is 7.41. The molecule has 0 spiro atoms. The number of H-pyrrole nitrogens is 1. The second-order valence-corrected chi connectivity index (χ2v) is 9.73. The van der Waals surface area contributed by atoms with Crippen LogP contribution in [0.25, 0.3) is 10.9 Å². The lowest BCUT2D eigenvalue weighted by atomic mass is 10.0. The fourth-order valence-electron chi connectivity index (χ4n) is 4.19. The number of aliphatic carboxylic acids is 1. The molecule has 3 aromatic carbocycles. The van der Waals surface area contributed by atoms with Gasteiger partial charge in [0.1, 0.15) is 11.8 Å². The molecule has 0 aliphatic rings. The first-order valence-corrected chi connectivity index (χ1v) is 13.0. The van der Waals surface area contributed by atoms with Gasteiger partial charge in [-0.15, -0.1) is 0 Å². The number of carboxylic acid groups (broad SMARTS) is 1. The number of hydrogen-bond donors (Lipinski definition) is 7. The van der Waals surface area contributed by atoms with Crippen molar-refractivity contribution >= 4 is 46.2 Å². The predicted molar refractivity (Wildman–Crippen MR) is 153 cm³/mol. The summed E-state index contributed by atoms with van der Waals surface area (Å²) in [4.78, 5) is 52.8. The average molecular weight is 578 g/mol. The van der Waals surface area contributed by atoms with E-state index < -0.39 is 42.3 Å². The SMILES string of the molecule is N[C@@H](Cc1c[nH]c2ccccc12)C(=O)NC[C@H](NC(=O)c1ccc(C(=O)NCc2cccc(O)c2)cc1Cl)C(=O)O. The number of aromatic amines is 1. The number of carbonyl (C=O) groups excluding carboxylic acids is 3. The number of carboxylic acids is 1. The molecule has 212 valence electrons. The molecule has 0 saturated heterocycles. The summed E-state index contributed by atoms with van der Waals surface area (Å²) in [7, 11) is 0. The van der Waals surface area contributed by atoms with E-state index in [4.69, 9.17) is 17.3 Å². The topological polar surface area (TPSA) is 187 Å². The van der Waals surface area contributed by atoms with E-state index in [-0.39, 0.29) is 34.9 Å². The molecule has 0 aliphatic heterocycles. The van der Waals surface area contributed by atoms with Crippen LogP contribution in [0.1, 0.15) is 31.8 Å². The third-order valence-electron chi connectivity index (χ3n) is 6.37. The fraction of sp³-hybridized carbons (Fsp3) is 0.172. The van der Waals surface area contributed by atoms with E-state index >= 15 is 0 Å². The molecular weight excluding hydrogens is 550 g/mol. The van der Waals surface area contributed by atoms with Crippen molar-refractivity contribution in [2.75, 3.05) is 6.54 Å². The van der Waals surface area contributed by atoms with Crippen molar-refractivity contribution < 1.29 is 29.4 Å². The van der Waals surface area contributed by atoms with Crippen molar-refractivity contribution in [3.05, 3.63) is 100 Å². The third-order valence-corrected chi connectivity index (χ3v) is 6.69. The highest BCUT2D eigenvalue weighted by atomic mass is 35.5. The van der Waals surface area contributed by atoms with E-state index in [1.807, 2.05) is 24.3 Å². The molecule has 3 amide bonds. The van der Waals surface area contributed by atoms with Crippen LogP contribution in [0.2, 0.25) is 5.02 Å². The van der Waals surface area contributed by atoms with Crippen molar-refractivity contribution in [2.24, 2.45) is 5.73 Å². The molecule has 4 aromatic rings. The maximum Gasteiger partial charge on any atom is 0.328 e. The normalized spacial score (nSPS) is 12.3. The summed E-state index contributed by atoms with van der Waals surface area (Å²) in [5.74, 6) is -3.13. The van der Waals surface area contributed by atoms with Gasteiger partial charge in [0, 0.05) is 35.8 Å². The number of benzene rings is 3. The highest BCUT2D eigenvalue weighted by Gasteiger charge is 2.25. The van der Waals surface area contributed by atoms with Gasteiger partial charge in [0.15, 0.2) is 0 Å². The van der Waals surface area contributed by atoms with Gasteiger partial charge in [0.2, 0.25) is 5.91 Å². The summed E-state index contributed by atoms with van der Waals surface area (Å²) >= 11 is 6.24. The Morgan fingerprint density at radius 2 is 1.73 bits per heavy atom. The van der Waals surface area contributed by atoms with Gasteiger partial charge in [-0.05, 0) is 53.9 Å². The van der Waals surface area contributed by atoms with Gasteiger partial charge < -0.3 is 36.9 Å². The monoisotopic (exact) mass is 577 g/mol. The first kappa shape index (κ1) is 29.1. The first-order valence-electron chi connectivity index (χ1n) is 12.6. The molecular formula is C29H28ClN5O6. The standard InChI is InChI=1S/C29H28ClN5O6/c30-22-11-17(26(37)33-13-16-4-3-5-19(36)10-16)8-9-21(22)27(38)35-25(29(40)41)15-34-28(39)23(31)12-18-14-32-24-7-2-1-6-20(18)24/h1-11,14,23,25,32,36H,12-13,15,31H2,(H,33,37)(H,34,39)(H,35,38)(H,40,41)/t23-,25-/m0/s1. The van der Waals surface area contributed by atoms with Crippen LogP contribution in [-0.4, -0.2) is 57.5 Å². The van der Waals surface area contributed by atoms with E-state index in [0.29, 0.717) is 5.56 Å². The number of aromatic nitrogens is 1. The maximum atomic E-state index is 12.8. The average Bonchev–Trinajstić information content (AvgIpc) is 3.36. The highest BCUT2D eigenvalue weighted by molar-refractivity contribution is 6.34. The zero-order valence-corrected chi connectivity index (χ0v) is 22.4. The number of aromatic hydroxyl groups is 1. The van der Waals surface area contributed by atoms with Gasteiger partial charge >= 0.3 is 5.97 Å². The molecule has 4 rings (SSSR count). The van der Waals surface area contributed by atoms with Gasteiger partial charge in [-0.2, -0.15) is 0 Å². The number of para-hydroxylation sites is 1. The lowest BCUT2D eigenvalue weighted by Gasteiger charge is -2.18. The van der Waals surface area contributed by atoms with E-state index in [9.17, 15) is 29.4 Å². The Morgan fingerprint density at radius 1 is 0.951 bits per heavy atom. The number of phenolic OH excluding ortho intramolecular Hbond substituents is 1. The largest absolute Gasteiger partial charge is 0.508 e. The van der Waals surface area contributed by atoms with Gasteiger partial charge in [0.05, 0.1) is 16.6 Å². The molecule has 12 heteroatoms. The van der Waals surface area contributed by atoms with Crippen LogP contribution < -0.4 is 21.7 Å². The van der Waals surface area contributed by atoms with Crippen LogP contribution >= 0.6 is 11.6 Å². The summed E-state index contributed by atoms with van der Waals surface area (Å²) < 4.78 is 0. The van der Waals surface area contributed by atoms with Crippen LogP contribution in [-0.2, 0) is 22.6 Å². The highest BCUT2D eigenvalue weighted by Crippen LogP contribution is 2.20. The summed E-state index contributed by atoms with van der Waals surface area (Å²) in [5.41, 5.74) is 8.62. The van der Waals surface area contributed by atoms with Crippen molar-refractivity contribution in [3.8, 4) is 5.75 Å². The number of phenols is 1. The number of rotatable bonds is 11. The molecule has 1 aromatic heterocycles. The number of halogens is 1. The Hall–Kier alpha value is -4.87. The maximum absolute atomic E-state index is 12.8. The molecule has 0 unspecified atom stereocenters. The molecule has 0 fully saturated rings. The molecule has 8 N–H and O–H groups in total. The Morgan fingerprint density at radius 3 is 2.46 bits per heavy atom. The summed E-state index contributed by atoms with van der Waals surface area (Å²) in [6.07, 6.45) is 2.00. The van der Waals surface area contributed by atoms with Crippen molar-refractivity contribution in [1.29, 1.82) is 0 Å². The van der Waals surface area contributed by atoms with Crippen LogP contribution in [0.3, 0.4) is 0 Å². The number of hydrogen-bond acceptors (Lipinski definition) is 6. The molecule has 0 aliphatic carbocycles. The smallest absolute Gasteiger partial charge is 0.328 e. The second kappa shape index (κ2) is 13.0. The zero-order valence-electron chi connectivity index (χ0n) is 21.7. The fourth-order valence-corrected chi connectivity index (χ4v) is 4.46. The Balaban J connectivity index is 1.32. The molecule has 11 nitrogen and oxygen atoms in total. The van der Waals surface area contributed by atoms with Gasteiger partial charge in [-0.1, -0.05) is 41.9 Å². The van der Waals surface area contributed by atoms with Gasteiger partial charge in [-0.3, -0.25) is 14.4 Å². The minimum absolute atomic E-state index is 0.0511. The summed E-state index contributed by atoms with van der Waals surface area (Å²) in [5, 5.41) is 27.5. The molecule has 41 heavy (non-hydrogen) atoms. The van der Waals surface area contributed by atoms with E-state index in [0.717, 1.165) is 16.5 Å². The minimum Gasteiger partial charge on any atom is -0.508 e. The van der Waals surface area contributed by atoms with E-state index in [1.165, 1.54) is 30.3 Å². The first-order chi connectivity index (χ1) is 19.6. The second-order valence-electron chi connectivity index (χ2n) is 9.33. The number of nitrogens with one attached hydrogen (secondary N) is 4. The summed E-state index contributed by atoms with van der Waals surface area (Å²) in [6.45, 7) is -0.251. The Kier molecular flexibility index (Phi) is 9.23. The Labute approximate surface area is 239 Å². The van der Waals surface area contributed by atoms with Crippen LogP contribution in [0.15, 0.2) is 72.9 Å². The quantitative estimate of drug-likeness (QED) is 0.142. The molecule has 0 bridgehead atoms. The lowest BCUT2D eigenvalue weighted by molar-refractivity contribution is -0.139. The van der Waals surface area contributed by atoms with Crippen LogP contribution in [0.5, 0.6) is 5.75 Å². The number of carbonyl (C=O) groups is 4. The number of fused-ring (bicyclic) bond motifs is 1. The van der Waals surface area contributed by atoms with Crippen molar-refractivity contribution in [2.45, 2.75) is 25.0 Å². The number of nitrogens with two attached hydrogens (primary N) is 1. The molecule has 2 atom stereocenters. The van der Waals surface area contributed by atoms with Crippen molar-refractivity contribution in [1.82, 2.24) is 20.9 Å². The van der Waals surface area contributed by atoms with Gasteiger partial charge in [0.25, 0.3) is 11.8 Å². The minimum atomic E-state index is -1.46. The lowest BCUT2D eigenvalue weighted by Crippen LogP contribution is -2.51. The van der Waals surface area contributed by atoms with Crippen LogP contribution in [0.4, 0.5) is 0 Å². The van der Waals surface area contributed by atoms with Crippen LogP contribution in [0, 0.1) is 0 Å². The van der Waals surface area contributed by atoms with Gasteiger partial charge in [-0.25, -0.2) is 4.79 Å². The van der Waals surface area contributed by atoms with E-state index in [2.05, 4.69) is 20.9 Å². The zero-order chi connectivity index (χ0) is 29.5. The number of amides is 3. The summed E-state index contributed by atoms with van der Waals surface area (Å²) in [6, 6.07) is 15.5. The predicted octanol–water partition coefficient (Wildman–Crippen LogP) is 2.33. The molecule has 1 heterocycles. The Bertz CT molecular complexity index is 1600. The van der Waals surface area contributed by atoms with E-state index in [1.54, 1.807) is 18.3 Å².